The molecule has 1 aliphatic heterocycles. The predicted molar refractivity (Wildman–Crippen MR) is 102 cm³/mol. The summed E-state index contributed by atoms with van der Waals surface area (Å²) in [4.78, 5) is 23.8. The lowest BCUT2D eigenvalue weighted by Gasteiger charge is -2.34. The lowest BCUT2D eigenvalue weighted by molar-refractivity contribution is -0.385. The molecule has 0 aromatic carbocycles. The highest BCUT2D eigenvalue weighted by molar-refractivity contribution is 5.48. The van der Waals surface area contributed by atoms with Crippen molar-refractivity contribution in [3.63, 3.8) is 0 Å². The van der Waals surface area contributed by atoms with Crippen molar-refractivity contribution in [3.05, 3.63) is 51.8 Å². The van der Waals surface area contributed by atoms with Gasteiger partial charge in [-0.25, -0.2) is 9.97 Å². The van der Waals surface area contributed by atoms with Gasteiger partial charge < -0.3 is 15.1 Å². The number of aromatic nitrogens is 2. The molecule has 2 aromatic rings. The average molecular weight is 356 g/mol. The van der Waals surface area contributed by atoms with Crippen LogP contribution in [0.1, 0.15) is 18.1 Å². The molecule has 0 atom stereocenters. The van der Waals surface area contributed by atoms with Crippen molar-refractivity contribution >= 4 is 17.3 Å². The minimum absolute atomic E-state index is 0.0352. The van der Waals surface area contributed by atoms with E-state index < -0.39 is 4.92 Å². The molecule has 0 saturated carbocycles. The van der Waals surface area contributed by atoms with Gasteiger partial charge in [-0.1, -0.05) is 6.92 Å². The van der Waals surface area contributed by atoms with E-state index in [0.29, 0.717) is 17.9 Å². The van der Waals surface area contributed by atoms with Crippen molar-refractivity contribution in [1.29, 1.82) is 0 Å². The Morgan fingerprint density at radius 2 is 2.00 bits per heavy atom. The lowest BCUT2D eigenvalue weighted by atomic mass is 10.2. The van der Waals surface area contributed by atoms with Gasteiger partial charge in [0, 0.05) is 44.5 Å². The molecule has 8 heteroatoms. The van der Waals surface area contributed by atoms with Crippen LogP contribution >= 0.6 is 0 Å². The molecule has 1 N–H and O–H groups in total. The summed E-state index contributed by atoms with van der Waals surface area (Å²) < 4.78 is 0. The first kappa shape index (κ1) is 18.1. The zero-order valence-electron chi connectivity index (χ0n) is 15.2. The molecule has 0 amide bonds. The second kappa shape index (κ2) is 8.09. The van der Waals surface area contributed by atoms with Gasteiger partial charge in [-0.3, -0.25) is 10.1 Å². The van der Waals surface area contributed by atoms with E-state index in [2.05, 4.69) is 38.1 Å². The van der Waals surface area contributed by atoms with Crippen LogP contribution in [0, 0.1) is 17.0 Å². The fraction of sp³-hybridized carbons (Fsp3) is 0.444. The van der Waals surface area contributed by atoms with Crippen molar-refractivity contribution in [3.8, 4) is 0 Å². The Hall–Kier alpha value is -2.74. The number of aryl methyl sites for hydroxylation is 1. The number of hydrogen-bond acceptors (Lipinski definition) is 7. The van der Waals surface area contributed by atoms with Gasteiger partial charge >= 0.3 is 0 Å². The SMILES string of the molecule is CCN1CCN(c2cc(CNc3cc(C)c([N+](=O)[O-])cn3)ccn2)CC1. The molecule has 8 nitrogen and oxygen atoms in total. The Bertz CT molecular complexity index is 774. The third kappa shape index (κ3) is 4.26. The van der Waals surface area contributed by atoms with Crippen molar-refractivity contribution in [2.75, 3.05) is 42.9 Å². The zero-order valence-corrected chi connectivity index (χ0v) is 15.2. The van der Waals surface area contributed by atoms with Crippen molar-refractivity contribution in [2.24, 2.45) is 0 Å². The number of piperazine rings is 1. The molecule has 1 aliphatic rings. The molecule has 26 heavy (non-hydrogen) atoms. The minimum Gasteiger partial charge on any atom is -0.366 e. The summed E-state index contributed by atoms with van der Waals surface area (Å²) in [5.41, 5.74) is 1.73. The van der Waals surface area contributed by atoms with Gasteiger partial charge in [0.05, 0.1) is 4.92 Å². The second-order valence-electron chi connectivity index (χ2n) is 6.41. The molecule has 1 saturated heterocycles. The van der Waals surface area contributed by atoms with E-state index in [1.54, 1.807) is 13.0 Å². The maximum atomic E-state index is 10.9. The zero-order chi connectivity index (χ0) is 18.5. The van der Waals surface area contributed by atoms with Crippen molar-refractivity contribution in [2.45, 2.75) is 20.4 Å². The molecule has 0 bridgehead atoms. The van der Waals surface area contributed by atoms with E-state index in [9.17, 15) is 10.1 Å². The van der Waals surface area contributed by atoms with Crippen LogP contribution in [0.25, 0.3) is 0 Å². The first-order chi connectivity index (χ1) is 12.6. The van der Waals surface area contributed by atoms with Crippen LogP contribution in [0.3, 0.4) is 0 Å². The van der Waals surface area contributed by atoms with E-state index in [-0.39, 0.29) is 5.69 Å². The monoisotopic (exact) mass is 356 g/mol. The molecule has 0 spiro atoms. The van der Waals surface area contributed by atoms with Gasteiger partial charge in [0.15, 0.2) is 0 Å². The van der Waals surface area contributed by atoms with Crippen LogP contribution in [0.2, 0.25) is 0 Å². The summed E-state index contributed by atoms with van der Waals surface area (Å²) in [6.45, 7) is 9.68. The highest BCUT2D eigenvalue weighted by atomic mass is 16.6. The highest BCUT2D eigenvalue weighted by Crippen LogP contribution is 2.20. The number of rotatable bonds is 6. The minimum atomic E-state index is -0.417. The average Bonchev–Trinajstić information content (AvgIpc) is 2.66. The molecule has 3 heterocycles. The van der Waals surface area contributed by atoms with Crippen LogP contribution in [0.5, 0.6) is 0 Å². The van der Waals surface area contributed by atoms with Gasteiger partial charge in [-0.05, 0) is 37.2 Å². The Labute approximate surface area is 153 Å². The third-order valence-corrected chi connectivity index (χ3v) is 4.71. The van der Waals surface area contributed by atoms with Crippen LogP contribution in [0.4, 0.5) is 17.3 Å². The Morgan fingerprint density at radius 1 is 1.23 bits per heavy atom. The number of likely N-dealkylation sites (N-methyl/N-ethyl adjacent to an activating group) is 1. The number of anilines is 2. The number of nitro groups is 1. The highest BCUT2D eigenvalue weighted by Gasteiger charge is 2.17. The van der Waals surface area contributed by atoms with Crippen LogP contribution in [-0.2, 0) is 6.54 Å². The molecule has 1 fully saturated rings. The van der Waals surface area contributed by atoms with Crippen LogP contribution in [-0.4, -0.2) is 52.5 Å². The molecule has 0 unspecified atom stereocenters. The first-order valence-corrected chi connectivity index (χ1v) is 8.84. The van der Waals surface area contributed by atoms with Crippen molar-refractivity contribution in [1.82, 2.24) is 14.9 Å². The molecule has 138 valence electrons. The smallest absolute Gasteiger partial charge is 0.290 e. The summed E-state index contributed by atoms with van der Waals surface area (Å²) in [6.07, 6.45) is 3.12. The van der Waals surface area contributed by atoms with E-state index >= 15 is 0 Å². The number of hydrogen-bond donors (Lipinski definition) is 1. The predicted octanol–water partition coefficient (Wildman–Crippen LogP) is 2.45. The largest absolute Gasteiger partial charge is 0.366 e. The number of nitrogens with zero attached hydrogens (tertiary/aromatic N) is 5. The standard InChI is InChI=1S/C18H24N6O2/c1-3-22-6-8-23(9-7-22)18-11-15(4-5-19-18)12-20-17-10-14(2)16(13-21-17)24(25)26/h4-5,10-11,13H,3,6-9,12H2,1-2H3,(H,20,21). The Kier molecular flexibility index (Phi) is 5.62. The van der Waals surface area contributed by atoms with Gasteiger partial charge in [0.25, 0.3) is 5.69 Å². The first-order valence-electron chi connectivity index (χ1n) is 8.84. The van der Waals surface area contributed by atoms with Crippen LogP contribution < -0.4 is 10.2 Å². The van der Waals surface area contributed by atoms with E-state index in [4.69, 9.17) is 0 Å². The summed E-state index contributed by atoms with van der Waals surface area (Å²) in [5, 5.41) is 14.1. The van der Waals surface area contributed by atoms with Gasteiger partial charge in [0.2, 0.25) is 0 Å². The Morgan fingerprint density at radius 3 is 2.65 bits per heavy atom. The summed E-state index contributed by atoms with van der Waals surface area (Å²) in [5.74, 6) is 1.62. The summed E-state index contributed by atoms with van der Waals surface area (Å²) in [6, 6.07) is 5.76. The van der Waals surface area contributed by atoms with Gasteiger partial charge in [0.1, 0.15) is 17.8 Å². The fourth-order valence-corrected chi connectivity index (χ4v) is 3.07. The van der Waals surface area contributed by atoms with Gasteiger partial charge in [-0.15, -0.1) is 0 Å². The maximum Gasteiger partial charge on any atom is 0.290 e. The normalized spacial score (nSPS) is 15.1. The lowest BCUT2D eigenvalue weighted by Crippen LogP contribution is -2.46. The van der Waals surface area contributed by atoms with Crippen LogP contribution in [0.15, 0.2) is 30.6 Å². The third-order valence-electron chi connectivity index (χ3n) is 4.71. The summed E-state index contributed by atoms with van der Waals surface area (Å²) >= 11 is 0. The van der Waals surface area contributed by atoms with E-state index in [0.717, 1.165) is 44.1 Å². The topological polar surface area (TPSA) is 87.4 Å². The molecule has 2 aromatic heterocycles. The molecule has 3 rings (SSSR count). The molecular weight excluding hydrogens is 332 g/mol. The quantitative estimate of drug-likeness (QED) is 0.628. The maximum absolute atomic E-state index is 10.9. The molecule has 0 radical (unpaired) electrons. The second-order valence-corrected chi connectivity index (χ2v) is 6.41. The molecule has 0 aliphatic carbocycles. The van der Waals surface area contributed by atoms with E-state index in [1.165, 1.54) is 6.20 Å². The summed E-state index contributed by atoms with van der Waals surface area (Å²) in [7, 11) is 0. The Balaban J connectivity index is 1.62. The molecular formula is C18H24N6O2. The number of nitrogens with one attached hydrogen (secondary N) is 1. The number of pyridine rings is 2. The van der Waals surface area contributed by atoms with Gasteiger partial charge in [-0.2, -0.15) is 0 Å². The van der Waals surface area contributed by atoms with Crippen molar-refractivity contribution < 1.29 is 4.92 Å². The van der Waals surface area contributed by atoms with E-state index in [1.807, 2.05) is 12.3 Å². The fourth-order valence-electron chi connectivity index (χ4n) is 3.07.